The van der Waals surface area contributed by atoms with Gasteiger partial charge in [-0.05, 0) is 37.9 Å². The topological polar surface area (TPSA) is 34.4 Å². The Balaban J connectivity index is 2.36. The lowest BCUT2D eigenvalue weighted by molar-refractivity contribution is 0.327. The molecule has 1 unspecified atom stereocenters. The molecule has 0 fully saturated rings. The molecule has 3 heteroatoms. The van der Waals surface area contributed by atoms with E-state index in [-0.39, 0.29) is 6.04 Å². The van der Waals surface area contributed by atoms with Crippen LogP contribution in [0, 0.1) is 5.92 Å². The Morgan fingerprint density at radius 2 is 2.05 bits per heavy atom. The molecule has 20 heavy (non-hydrogen) atoms. The lowest BCUT2D eigenvalue weighted by Crippen LogP contribution is -2.25. The van der Waals surface area contributed by atoms with Crippen LogP contribution in [-0.4, -0.2) is 13.2 Å². The van der Waals surface area contributed by atoms with Crippen LogP contribution in [0.4, 0.5) is 0 Å². The molecule has 1 heterocycles. The van der Waals surface area contributed by atoms with E-state index in [0.29, 0.717) is 12.5 Å². The minimum absolute atomic E-state index is 0.247. The van der Waals surface area contributed by atoms with Crippen LogP contribution >= 0.6 is 0 Å². The van der Waals surface area contributed by atoms with Gasteiger partial charge >= 0.3 is 0 Å². The monoisotopic (exact) mass is 275 g/mol. The quantitative estimate of drug-likeness (QED) is 0.806. The average molecular weight is 275 g/mol. The highest BCUT2D eigenvalue weighted by Crippen LogP contribution is 2.33. The predicted molar refractivity (Wildman–Crippen MR) is 83.3 cm³/mol. The minimum atomic E-state index is 0.247. The van der Waals surface area contributed by atoms with Gasteiger partial charge in [-0.15, -0.1) is 0 Å². The lowest BCUT2D eigenvalue weighted by Gasteiger charge is -2.19. The van der Waals surface area contributed by atoms with Crippen LogP contribution in [0.15, 0.2) is 28.7 Å². The van der Waals surface area contributed by atoms with Crippen LogP contribution in [-0.2, 0) is 0 Å². The molecule has 1 N–H and O–H groups in total. The molecule has 0 aliphatic rings. The summed E-state index contributed by atoms with van der Waals surface area (Å²) in [5.74, 6) is 2.31. The first-order valence-corrected chi connectivity index (χ1v) is 7.56. The van der Waals surface area contributed by atoms with Gasteiger partial charge in [-0.25, -0.2) is 0 Å². The summed E-state index contributed by atoms with van der Waals surface area (Å²) in [7, 11) is 0. The summed E-state index contributed by atoms with van der Waals surface area (Å²) in [4.78, 5) is 0. The van der Waals surface area contributed by atoms with Crippen LogP contribution in [0.25, 0.3) is 11.0 Å². The first-order chi connectivity index (χ1) is 9.67. The van der Waals surface area contributed by atoms with Gasteiger partial charge < -0.3 is 14.5 Å². The maximum absolute atomic E-state index is 6.08. The molecule has 2 rings (SSSR count). The van der Waals surface area contributed by atoms with Crippen molar-refractivity contribution in [1.29, 1.82) is 0 Å². The molecular formula is C17H25NO2. The van der Waals surface area contributed by atoms with Crippen molar-refractivity contribution in [3.05, 3.63) is 30.0 Å². The van der Waals surface area contributed by atoms with Gasteiger partial charge in [0.1, 0.15) is 5.76 Å². The van der Waals surface area contributed by atoms with Crippen LogP contribution in [0.5, 0.6) is 5.75 Å². The Morgan fingerprint density at radius 3 is 2.70 bits per heavy atom. The van der Waals surface area contributed by atoms with Gasteiger partial charge in [0.05, 0.1) is 12.6 Å². The fraction of sp³-hybridized carbons (Fsp3) is 0.529. The molecule has 1 aromatic heterocycles. The van der Waals surface area contributed by atoms with E-state index in [1.54, 1.807) is 0 Å². The third-order valence-corrected chi connectivity index (χ3v) is 3.41. The molecule has 0 radical (unpaired) electrons. The number of hydrogen-bond donors (Lipinski definition) is 1. The smallest absolute Gasteiger partial charge is 0.176 e. The molecule has 0 saturated heterocycles. The normalized spacial score (nSPS) is 13.1. The van der Waals surface area contributed by atoms with E-state index in [0.717, 1.165) is 35.4 Å². The Kier molecular flexibility index (Phi) is 5.07. The fourth-order valence-electron chi connectivity index (χ4n) is 2.44. The molecule has 2 aromatic rings. The van der Waals surface area contributed by atoms with Crippen molar-refractivity contribution < 1.29 is 9.15 Å². The molecule has 0 amide bonds. The van der Waals surface area contributed by atoms with Crippen molar-refractivity contribution in [3.63, 3.8) is 0 Å². The summed E-state index contributed by atoms with van der Waals surface area (Å²) in [5, 5.41) is 4.67. The maximum atomic E-state index is 6.08. The summed E-state index contributed by atoms with van der Waals surface area (Å²) in [6.07, 6.45) is 1.12. The second-order valence-corrected chi connectivity index (χ2v) is 5.43. The minimum Gasteiger partial charge on any atom is -0.490 e. The fourth-order valence-corrected chi connectivity index (χ4v) is 2.44. The molecule has 0 spiro atoms. The summed E-state index contributed by atoms with van der Waals surface area (Å²) >= 11 is 0. The van der Waals surface area contributed by atoms with Gasteiger partial charge in [0, 0.05) is 5.39 Å². The lowest BCUT2D eigenvalue weighted by atomic mass is 10.0. The van der Waals surface area contributed by atoms with Gasteiger partial charge in [0.2, 0.25) is 0 Å². The molecule has 1 aromatic carbocycles. The molecule has 110 valence electrons. The standard InChI is InChI=1S/C17H25NO2/c1-5-10-18-16(12(3)4)15-11-13-8-7-9-14(19-6-2)17(13)20-15/h7-9,11-12,16,18H,5-6,10H2,1-4H3. The van der Waals surface area contributed by atoms with Crippen molar-refractivity contribution in [2.75, 3.05) is 13.2 Å². The number of benzene rings is 1. The van der Waals surface area contributed by atoms with E-state index in [1.807, 2.05) is 19.1 Å². The summed E-state index contributed by atoms with van der Waals surface area (Å²) < 4.78 is 11.7. The Bertz CT molecular complexity index is 545. The van der Waals surface area contributed by atoms with Gasteiger partial charge in [-0.3, -0.25) is 0 Å². The highest BCUT2D eigenvalue weighted by Gasteiger charge is 2.20. The van der Waals surface area contributed by atoms with Gasteiger partial charge in [-0.1, -0.05) is 32.9 Å². The largest absolute Gasteiger partial charge is 0.490 e. The van der Waals surface area contributed by atoms with Crippen molar-refractivity contribution in [1.82, 2.24) is 5.32 Å². The number of hydrogen-bond acceptors (Lipinski definition) is 3. The molecular weight excluding hydrogens is 250 g/mol. The second-order valence-electron chi connectivity index (χ2n) is 5.43. The molecule has 0 aliphatic carbocycles. The number of para-hydroxylation sites is 1. The number of rotatable bonds is 7. The maximum Gasteiger partial charge on any atom is 0.176 e. The third-order valence-electron chi connectivity index (χ3n) is 3.41. The van der Waals surface area contributed by atoms with E-state index in [4.69, 9.17) is 9.15 Å². The number of furan rings is 1. The zero-order chi connectivity index (χ0) is 14.5. The van der Waals surface area contributed by atoms with Crippen LogP contribution in [0.3, 0.4) is 0 Å². The Hall–Kier alpha value is -1.48. The number of nitrogens with one attached hydrogen (secondary N) is 1. The highest BCUT2D eigenvalue weighted by atomic mass is 16.5. The zero-order valence-corrected chi connectivity index (χ0v) is 12.9. The van der Waals surface area contributed by atoms with Crippen LogP contribution in [0.2, 0.25) is 0 Å². The summed E-state index contributed by atoms with van der Waals surface area (Å²) in [5.41, 5.74) is 0.855. The van der Waals surface area contributed by atoms with E-state index in [9.17, 15) is 0 Å². The molecule has 1 atom stereocenters. The Morgan fingerprint density at radius 1 is 1.25 bits per heavy atom. The first-order valence-electron chi connectivity index (χ1n) is 7.56. The van der Waals surface area contributed by atoms with Gasteiger partial charge in [-0.2, -0.15) is 0 Å². The van der Waals surface area contributed by atoms with E-state index >= 15 is 0 Å². The first kappa shape index (κ1) is 14.9. The number of fused-ring (bicyclic) bond motifs is 1. The van der Waals surface area contributed by atoms with Crippen LogP contribution < -0.4 is 10.1 Å². The third kappa shape index (κ3) is 3.15. The summed E-state index contributed by atoms with van der Waals surface area (Å²) in [6.45, 7) is 10.2. The average Bonchev–Trinajstić information content (AvgIpc) is 2.84. The Labute approximate surface area is 121 Å². The van der Waals surface area contributed by atoms with Gasteiger partial charge in [0.15, 0.2) is 11.3 Å². The van der Waals surface area contributed by atoms with E-state index in [2.05, 4.69) is 38.2 Å². The van der Waals surface area contributed by atoms with Gasteiger partial charge in [0.25, 0.3) is 0 Å². The molecule has 3 nitrogen and oxygen atoms in total. The highest BCUT2D eigenvalue weighted by molar-refractivity contribution is 5.83. The van der Waals surface area contributed by atoms with E-state index in [1.165, 1.54) is 0 Å². The number of ether oxygens (including phenoxy) is 1. The summed E-state index contributed by atoms with van der Waals surface area (Å²) in [6, 6.07) is 8.42. The SMILES string of the molecule is CCCNC(c1cc2cccc(OCC)c2o1)C(C)C. The molecule has 0 aliphatic heterocycles. The predicted octanol–water partition coefficient (Wildman–Crippen LogP) is 4.53. The van der Waals surface area contributed by atoms with E-state index < -0.39 is 0 Å². The molecule has 0 saturated carbocycles. The molecule has 0 bridgehead atoms. The van der Waals surface area contributed by atoms with Crippen molar-refractivity contribution in [2.45, 2.75) is 40.2 Å². The second kappa shape index (κ2) is 6.80. The van der Waals surface area contributed by atoms with Crippen molar-refractivity contribution in [2.24, 2.45) is 5.92 Å². The van der Waals surface area contributed by atoms with Crippen molar-refractivity contribution >= 4 is 11.0 Å². The van der Waals surface area contributed by atoms with Crippen molar-refractivity contribution in [3.8, 4) is 5.75 Å². The van der Waals surface area contributed by atoms with Crippen LogP contribution in [0.1, 0.15) is 45.9 Å². The zero-order valence-electron chi connectivity index (χ0n) is 12.9.